The van der Waals surface area contributed by atoms with Crippen molar-refractivity contribution in [1.29, 1.82) is 0 Å². The van der Waals surface area contributed by atoms with Gasteiger partial charge in [-0.15, -0.1) is 0 Å². The van der Waals surface area contributed by atoms with Gasteiger partial charge >= 0.3 is 0 Å². The van der Waals surface area contributed by atoms with Crippen LogP contribution >= 0.6 is 0 Å². The highest BCUT2D eigenvalue weighted by molar-refractivity contribution is 5.31. The van der Waals surface area contributed by atoms with Crippen molar-refractivity contribution in [2.45, 2.75) is 45.3 Å². The van der Waals surface area contributed by atoms with Crippen LogP contribution in [0.25, 0.3) is 0 Å². The highest BCUT2D eigenvalue weighted by Gasteiger charge is 2.24. The smallest absolute Gasteiger partial charge is 0.216 e. The van der Waals surface area contributed by atoms with Crippen LogP contribution in [0, 0.1) is 6.92 Å². The molecule has 1 atom stereocenters. The van der Waals surface area contributed by atoms with Gasteiger partial charge in [0.1, 0.15) is 5.82 Å². The number of hydrogen-bond acceptors (Lipinski definition) is 6. The highest BCUT2D eigenvalue weighted by atomic mass is 16.5. The lowest BCUT2D eigenvalue weighted by atomic mass is 10.1. The molecule has 1 saturated heterocycles. The third kappa shape index (κ3) is 3.14. The molecule has 2 aromatic rings. The summed E-state index contributed by atoms with van der Waals surface area (Å²) in [6.07, 6.45) is 5.35. The Bertz CT molecular complexity index is 765. The quantitative estimate of drug-likeness (QED) is 0.908. The van der Waals surface area contributed by atoms with Crippen LogP contribution in [0.3, 0.4) is 0 Å². The van der Waals surface area contributed by atoms with Crippen molar-refractivity contribution >= 4 is 0 Å². The summed E-state index contributed by atoms with van der Waals surface area (Å²) >= 11 is 0. The Morgan fingerprint density at radius 2 is 2.28 bits per heavy atom. The monoisotopic (exact) mass is 342 g/mol. The first-order chi connectivity index (χ1) is 12.2. The van der Waals surface area contributed by atoms with Crippen LogP contribution in [-0.4, -0.2) is 44.8 Å². The summed E-state index contributed by atoms with van der Waals surface area (Å²) in [6, 6.07) is 0.339. The van der Waals surface area contributed by atoms with Crippen molar-refractivity contribution in [2.24, 2.45) is 7.05 Å². The fraction of sp³-hybridized carbons (Fsp3) is 0.611. The number of fused-ring (bicyclic) bond motifs is 1. The summed E-state index contributed by atoms with van der Waals surface area (Å²) in [4.78, 5) is 11.9. The highest BCUT2D eigenvalue weighted by Crippen LogP contribution is 2.27. The lowest BCUT2D eigenvalue weighted by molar-refractivity contribution is 0.237. The molecule has 4 rings (SSSR count). The summed E-state index contributed by atoms with van der Waals surface area (Å²) in [7, 11) is 3.63. The van der Waals surface area contributed by atoms with Gasteiger partial charge in [-0.25, -0.2) is 14.6 Å². The Morgan fingerprint density at radius 3 is 3.04 bits per heavy atom. The van der Waals surface area contributed by atoms with E-state index in [0.29, 0.717) is 6.04 Å². The topological polar surface area (TPSA) is 68.1 Å². The largest absolute Gasteiger partial charge is 0.481 e. The predicted molar refractivity (Wildman–Crippen MR) is 94.3 cm³/mol. The average Bonchev–Trinajstić information content (AvgIpc) is 3.23. The van der Waals surface area contributed by atoms with Gasteiger partial charge in [0.2, 0.25) is 5.88 Å². The molecule has 2 aromatic heterocycles. The molecule has 7 heteroatoms. The van der Waals surface area contributed by atoms with Crippen LogP contribution in [0.5, 0.6) is 5.88 Å². The first kappa shape index (κ1) is 16.5. The molecule has 0 amide bonds. The molecule has 0 aromatic carbocycles. The summed E-state index contributed by atoms with van der Waals surface area (Å²) in [5.74, 6) is 1.82. The van der Waals surface area contributed by atoms with Gasteiger partial charge < -0.3 is 10.1 Å². The third-order valence-corrected chi connectivity index (χ3v) is 5.27. The van der Waals surface area contributed by atoms with E-state index in [1.807, 2.05) is 24.9 Å². The van der Waals surface area contributed by atoms with E-state index in [1.165, 1.54) is 23.2 Å². The van der Waals surface area contributed by atoms with E-state index in [1.54, 1.807) is 7.11 Å². The van der Waals surface area contributed by atoms with Crippen LogP contribution in [0.15, 0.2) is 6.20 Å². The Kier molecular flexibility index (Phi) is 4.43. The van der Waals surface area contributed by atoms with E-state index in [2.05, 4.69) is 20.3 Å². The summed E-state index contributed by atoms with van der Waals surface area (Å²) in [5, 5.41) is 7.96. The number of nitrogens with zero attached hydrogens (tertiary/aromatic N) is 5. The number of aromatic nitrogens is 4. The van der Waals surface area contributed by atoms with E-state index in [0.717, 1.165) is 56.4 Å². The number of hydrogen-bond donors (Lipinski definition) is 1. The molecule has 1 N–H and O–H groups in total. The van der Waals surface area contributed by atoms with Crippen molar-refractivity contribution in [3.05, 3.63) is 34.5 Å². The number of nitrogens with one attached hydrogen (secondary N) is 1. The molecule has 2 aliphatic heterocycles. The predicted octanol–water partition coefficient (Wildman–Crippen LogP) is 1.51. The van der Waals surface area contributed by atoms with Gasteiger partial charge in [0.15, 0.2) is 0 Å². The second kappa shape index (κ2) is 6.72. The molecule has 0 spiro atoms. The van der Waals surface area contributed by atoms with E-state index in [9.17, 15) is 0 Å². The van der Waals surface area contributed by atoms with Gasteiger partial charge in [-0.1, -0.05) is 0 Å². The molecular formula is C18H26N6O. The SMILES string of the molecule is COc1c(CN2CCc3nc([C@H]4CCCN4)ncc3C2)c(C)nn1C. The van der Waals surface area contributed by atoms with Crippen molar-refractivity contribution in [3.8, 4) is 5.88 Å². The Hall–Kier alpha value is -1.99. The Morgan fingerprint density at radius 1 is 1.40 bits per heavy atom. The second-order valence-electron chi connectivity index (χ2n) is 7.01. The molecule has 25 heavy (non-hydrogen) atoms. The van der Waals surface area contributed by atoms with Gasteiger partial charge in [0, 0.05) is 50.6 Å². The van der Waals surface area contributed by atoms with Crippen molar-refractivity contribution in [1.82, 2.24) is 30.0 Å². The van der Waals surface area contributed by atoms with Crippen LogP contribution in [0.2, 0.25) is 0 Å². The van der Waals surface area contributed by atoms with E-state index >= 15 is 0 Å². The molecular weight excluding hydrogens is 316 g/mol. The lowest BCUT2D eigenvalue weighted by Gasteiger charge is -2.28. The molecule has 0 bridgehead atoms. The lowest BCUT2D eigenvalue weighted by Crippen LogP contribution is -2.31. The zero-order chi connectivity index (χ0) is 17.4. The molecule has 4 heterocycles. The fourth-order valence-corrected chi connectivity index (χ4v) is 3.94. The number of methoxy groups -OCH3 is 1. The molecule has 2 aliphatic rings. The molecule has 0 radical (unpaired) electrons. The fourth-order valence-electron chi connectivity index (χ4n) is 3.94. The minimum atomic E-state index is 0.339. The Balaban J connectivity index is 1.50. The van der Waals surface area contributed by atoms with Gasteiger partial charge in [-0.2, -0.15) is 5.10 Å². The van der Waals surface area contributed by atoms with Gasteiger partial charge in [-0.05, 0) is 26.3 Å². The van der Waals surface area contributed by atoms with E-state index in [4.69, 9.17) is 9.72 Å². The van der Waals surface area contributed by atoms with Crippen LogP contribution in [0.4, 0.5) is 0 Å². The van der Waals surface area contributed by atoms with E-state index < -0.39 is 0 Å². The maximum Gasteiger partial charge on any atom is 0.216 e. The van der Waals surface area contributed by atoms with Crippen molar-refractivity contribution in [3.63, 3.8) is 0 Å². The summed E-state index contributed by atoms with van der Waals surface area (Å²) in [5.41, 5.74) is 4.66. The number of rotatable bonds is 4. The minimum absolute atomic E-state index is 0.339. The Labute approximate surface area is 148 Å². The summed E-state index contributed by atoms with van der Waals surface area (Å²) in [6.45, 7) is 5.84. The van der Waals surface area contributed by atoms with Crippen LogP contribution < -0.4 is 10.1 Å². The van der Waals surface area contributed by atoms with Crippen molar-refractivity contribution in [2.75, 3.05) is 20.2 Å². The van der Waals surface area contributed by atoms with Gasteiger partial charge in [0.05, 0.1) is 24.4 Å². The zero-order valence-corrected chi connectivity index (χ0v) is 15.2. The first-order valence-electron chi connectivity index (χ1n) is 9.02. The van der Waals surface area contributed by atoms with Crippen LogP contribution in [-0.2, 0) is 26.6 Å². The molecule has 134 valence electrons. The second-order valence-corrected chi connectivity index (χ2v) is 7.01. The van der Waals surface area contributed by atoms with Gasteiger partial charge in [-0.3, -0.25) is 4.90 Å². The van der Waals surface area contributed by atoms with Crippen molar-refractivity contribution < 1.29 is 4.74 Å². The van der Waals surface area contributed by atoms with Crippen LogP contribution in [0.1, 0.15) is 47.2 Å². The summed E-state index contributed by atoms with van der Waals surface area (Å²) < 4.78 is 7.33. The van der Waals surface area contributed by atoms with Gasteiger partial charge in [0.25, 0.3) is 0 Å². The first-order valence-corrected chi connectivity index (χ1v) is 9.02. The average molecular weight is 342 g/mol. The molecule has 0 saturated carbocycles. The molecule has 7 nitrogen and oxygen atoms in total. The number of aryl methyl sites for hydroxylation is 2. The molecule has 0 unspecified atom stereocenters. The minimum Gasteiger partial charge on any atom is -0.481 e. The maximum absolute atomic E-state index is 5.52. The standard InChI is InChI=1S/C18H26N6O/c1-12-14(18(25-3)23(2)22-12)11-24-8-6-15-13(10-24)9-20-17(21-15)16-5-4-7-19-16/h9,16,19H,4-8,10-11H2,1-3H3/t16-/m1/s1. The van der Waals surface area contributed by atoms with E-state index in [-0.39, 0.29) is 0 Å². The normalized spacial score (nSPS) is 20.7. The maximum atomic E-state index is 5.52. The third-order valence-electron chi connectivity index (χ3n) is 5.27. The number of ether oxygens (including phenoxy) is 1. The molecule has 1 fully saturated rings. The zero-order valence-electron chi connectivity index (χ0n) is 15.2. The molecule has 0 aliphatic carbocycles.